The van der Waals surface area contributed by atoms with Crippen molar-refractivity contribution in [2.75, 3.05) is 0 Å². The lowest BCUT2D eigenvalue weighted by Crippen LogP contribution is -2.60. The SMILES string of the molecule is CCC(C)C(NC(=O)C(NC(=O)C(CC(C)C)NC(=O)C(N)CCC(N)=O)C(C)O)C(=O)O. The molecule has 0 aromatic rings. The maximum absolute atomic E-state index is 12.9. The fraction of sp³-hybridized carbons (Fsp3) is 0.762. The molecule has 33 heavy (non-hydrogen) atoms. The maximum atomic E-state index is 12.9. The molecular formula is C21H39N5O7. The quantitative estimate of drug-likeness (QED) is 0.150. The number of primary amides is 1. The van der Waals surface area contributed by atoms with Gasteiger partial charge in [0.1, 0.15) is 18.1 Å². The van der Waals surface area contributed by atoms with Crippen molar-refractivity contribution in [2.24, 2.45) is 23.3 Å². The summed E-state index contributed by atoms with van der Waals surface area (Å²) in [6.45, 7) is 8.35. The zero-order valence-electron chi connectivity index (χ0n) is 20.0. The zero-order valence-corrected chi connectivity index (χ0v) is 20.0. The number of hydrogen-bond acceptors (Lipinski definition) is 7. The summed E-state index contributed by atoms with van der Waals surface area (Å²) in [6.07, 6.45) is -0.739. The van der Waals surface area contributed by atoms with Gasteiger partial charge in [-0.05, 0) is 31.6 Å². The average molecular weight is 474 g/mol. The molecule has 4 amide bonds. The summed E-state index contributed by atoms with van der Waals surface area (Å²) in [5.74, 6) is -4.52. The summed E-state index contributed by atoms with van der Waals surface area (Å²) < 4.78 is 0. The molecule has 0 aliphatic heterocycles. The van der Waals surface area contributed by atoms with Crippen LogP contribution in [-0.2, 0) is 24.0 Å². The Morgan fingerprint density at radius 2 is 1.42 bits per heavy atom. The second-order valence-electron chi connectivity index (χ2n) is 8.74. The molecule has 0 aliphatic rings. The molecule has 6 atom stereocenters. The highest BCUT2D eigenvalue weighted by atomic mass is 16.4. The lowest BCUT2D eigenvalue weighted by Gasteiger charge is -2.28. The van der Waals surface area contributed by atoms with Crippen molar-refractivity contribution < 1.29 is 34.2 Å². The van der Waals surface area contributed by atoms with E-state index >= 15 is 0 Å². The number of aliphatic carboxylic acids is 1. The van der Waals surface area contributed by atoms with Crippen LogP contribution in [0.5, 0.6) is 0 Å². The van der Waals surface area contributed by atoms with Gasteiger partial charge in [-0.1, -0.05) is 34.1 Å². The lowest BCUT2D eigenvalue weighted by atomic mass is 9.98. The third-order valence-corrected chi connectivity index (χ3v) is 5.22. The molecule has 0 saturated heterocycles. The van der Waals surface area contributed by atoms with Gasteiger partial charge in [0.2, 0.25) is 23.6 Å². The molecule has 0 rings (SSSR count). The number of aliphatic hydroxyl groups is 1. The van der Waals surface area contributed by atoms with Crippen LogP contribution in [0.2, 0.25) is 0 Å². The second-order valence-corrected chi connectivity index (χ2v) is 8.74. The van der Waals surface area contributed by atoms with Gasteiger partial charge in [0.25, 0.3) is 0 Å². The van der Waals surface area contributed by atoms with Crippen molar-refractivity contribution in [3.05, 3.63) is 0 Å². The van der Waals surface area contributed by atoms with E-state index in [1.807, 2.05) is 13.8 Å². The second kappa shape index (κ2) is 14.4. The Hall–Kier alpha value is -2.73. The number of hydrogen-bond donors (Lipinski definition) is 7. The van der Waals surface area contributed by atoms with Crippen LogP contribution in [0.25, 0.3) is 0 Å². The highest BCUT2D eigenvalue weighted by Crippen LogP contribution is 2.10. The first-order valence-corrected chi connectivity index (χ1v) is 11.1. The molecule has 190 valence electrons. The Bertz CT molecular complexity index is 698. The molecule has 0 spiro atoms. The predicted octanol–water partition coefficient (Wildman–Crippen LogP) is -1.41. The van der Waals surface area contributed by atoms with Crippen LogP contribution in [0, 0.1) is 11.8 Å². The van der Waals surface area contributed by atoms with Gasteiger partial charge in [0.15, 0.2) is 0 Å². The van der Waals surface area contributed by atoms with Crippen molar-refractivity contribution in [3.8, 4) is 0 Å². The van der Waals surface area contributed by atoms with E-state index in [2.05, 4.69) is 16.0 Å². The molecule has 12 heteroatoms. The number of carboxylic acids is 1. The van der Waals surface area contributed by atoms with E-state index in [1.54, 1.807) is 13.8 Å². The van der Waals surface area contributed by atoms with E-state index in [-0.39, 0.29) is 31.1 Å². The van der Waals surface area contributed by atoms with Gasteiger partial charge in [-0.15, -0.1) is 0 Å². The fourth-order valence-electron chi connectivity index (χ4n) is 3.00. The van der Waals surface area contributed by atoms with Crippen LogP contribution >= 0.6 is 0 Å². The Morgan fingerprint density at radius 1 is 0.879 bits per heavy atom. The van der Waals surface area contributed by atoms with E-state index in [0.29, 0.717) is 6.42 Å². The van der Waals surface area contributed by atoms with Crippen LogP contribution in [0.4, 0.5) is 0 Å². The first-order valence-electron chi connectivity index (χ1n) is 11.1. The van der Waals surface area contributed by atoms with Crippen molar-refractivity contribution in [1.29, 1.82) is 0 Å². The Balaban J connectivity index is 5.44. The monoisotopic (exact) mass is 473 g/mol. The van der Waals surface area contributed by atoms with E-state index < -0.39 is 59.9 Å². The highest BCUT2D eigenvalue weighted by molar-refractivity contribution is 5.94. The number of nitrogens with two attached hydrogens (primary N) is 2. The number of nitrogens with one attached hydrogen (secondary N) is 3. The van der Waals surface area contributed by atoms with Crippen LogP contribution in [-0.4, -0.2) is 70.1 Å². The van der Waals surface area contributed by atoms with Gasteiger partial charge in [0, 0.05) is 6.42 Å². The number of carboxylic acid groups (broad SMARTS) is 1. The summed E-state index contributed by atoms with van der Waals surface area (Å²) in [5, 5.41) is 26.7. The van der Waals surface area contributed by atoms with Gasteiger partial charge in [-0.25, -0.2) is 4.79 Å². The van der Waals surface area contributed by atoms with Crippen molar-refractivity contribution in [3.63, 3.8) is 0 Å². The molecule has 0 aliphatic carbocycles. The minimum Gasteiger partial charge on any atom is -0.480 e. The molecule has 0 aromatic heterocycles. The third-order valence-electron chi connectivity index (χ3n) is 5.22. The van der Waals surface area contributed by atoms with Crippen LogP contribution in [0.15, 0.2) is 0 Å². The fourth-order valence-corrected chi connectivity index (χ4v) is 3.00. The Labute approximate surface area is 194 Å². The zero-order chi connectivity index (χ0) is 25.9. The maximum Gasteiger partial charge on any atom is 0.326 e. The van der Waals surface area contributed by atoms with Crippen molar-refractivity contribution in [1.82, 2.24) is 16.0 Å². The first-order chi connectivity index (χ1) is 15.2. The Kier molecular flexibility index (Phi) is 13.2. The van der Waals surface area contributed by atoms with Crippen LogP contribution in [0.3, 0.4) is 0 Å². The standard InChI is InChI=1S/C21H39N5O7/c1-6-11(4)16(21(32)33)25-20(31)17(12(5)27)26-19(30)14(9-10(2)3)24-18(29)13(22)7-8-15(23)28/h10-14,16-17,27H,6-9,22H2,1-5H3,(H2,23,28)(H,24,29)(H,25,31)(H,26,30)(H,32,33). The van der Waals surface area contributed by atoms with Crippen LogP contribution in [0.1, 0.15) is 60.3 Å². The van der Waals surface area contributed by atoms with Gasteiger partial charge >= 0.3 is 5.97 Å². The molecule has 0 heterocycles. The molecule has 0 aromatic carbocycles. The van der Waals surface area contributed by atoms with Gasteiger partial charge in [0.05, 0.1) is 12.1 Å². The normalized spacial score (nSPS) is 16.6. The Morgan fingerprint density at radius 3 is 1.85 bits per heavy atom. The topological polar surface area (TPSA) is 214 Å². The van der Waals surface area contributed by atoms with Gasteiger partial charge in [-0.2, -0.15) is 0 Å². The molecule has 12 nitrogen and oxygen atoms in total. The molecule has 0 fully saturated rings. The van der Waals surface area contributed by atoms with E-state index in [1.165, 1.54) is 6.92 Å². The third kappa shape index (κ3) is 11.1. The lowest BCUT2D eigenvalue weighted by molar-refractivity contribution is -0.144. The minimum atomic E-state index is -1.45. The summed E-state index contributed by atoms with van der Waals surface area (Å²) in [4.78, 5) is 60.3. The molecule has 0 saturated carbocycles. The summed E-state index contributed by atoms with van der Waals surface area (Å²) >= 11 is 0. The number of amides is 4. The molecule has 0 radical (unpaired) electrons. The smallest absolute Gasteiger partial charge is 0.326 e. The number of rotatable bonds is 15. The van der Waals surface area contributed by atoms with E-state index in [9.17, 15) is 34.2 Å². The van der Waals surface area contributed by atoms with E-state index in [4.69, 9.17) is 11.5 Å². The summed E-state index contributed by atoms with van der Waals surface area (Å²) in [5.41, 5.74) is 10.8. The van der Waals surface area contributed by atoms with Crippen molar-refractivity contribution in [2.45, 2.75) is 90.6 Å². The van der Waals surface area contributed by atoms with Gasteiger partial charge in [-0.3, -0.25) is 19.2 Å². The highest BCUT2D eigenvalue weighted by Gasteiger charge is 2.34. The molecular weight excluding hydrogens is 434 g/mol. The number of carbonyl (C=O) groups excluding carboxylic acids is 4. The number of carbonyl (C=O) groups is 5. The predicted molar refractivity (Wildman–Crippen MR) is 120 cm³/mol. The average Bonchev–Trinajstić information content (AvgIpc) is 2.71. The van der Waals surface area contributed by atoms with Crippen molar-refractivity contribution >= 4 is 29.6 Å². The summed E-state index contributed by atoms with van der Waals surface area (Å²) in [6, 6.07) is -4.78. The first kappa shape index (κ1) is 30.3. The summed E-state index contributed by atoms with van der Waals surface area (Å²) in [7, 11) is 0. The molecule has 9 N–H and O–H groups in total. The molecule has 6 unspecified atom stereocenters. The van der Waals surface area contributed by atoms with Gasteiger partial charge < -0.3 is 37.6 Å². The largest absolute Gasteiger partial charge is 0.480 e. The van der Waals surface area contributed by atoms with Crippen LogP contribution < -0.4 is 27.4 Å². The number of aliphatic hydroxyl groups excluding tert-OH is 1. The molecule has 0 bridgehead atoms. The van der Waals surface area contributed by atoms with E-state index in [0.717, 1.165) is 0 Å². The minimum absolute atomic E-state index is 0.00206.